The zero-order chi connectivity index (χ0) is 15.7. The monoisotopic (exact) mass is 335 g/mol. The van der Waals surface area contributed by atoms with Crippen molar-refractivity contribution in [1.82, 2.24) is 10.1 Å². The number of rotatable bonds is 2. The molecule has 0 aliphatic carbocycles. The van der Waals surface area contributed by atoms with Crippen molar-refractivity contribution >= 4 is 17.6 Å². The van der Waals surface area contributed by atoms with E-state index >= 15 is 0 Å². The van der Waals surface area contributed by atoms with E-state index in [1.165, 1.54) is 0 Å². The molecule has 0 saturated carbocycles. The lowest BCUT2D eigenvalue weighted by molar-refractivity contribution is -0.117. The number of aromatic nitrogens is 2. The molecule has 2 fully saturated rings. The molecule has 6 nitrogen and oxygen atoms in total. The molecular formula is C16H18ClN3O3. The van der Waals surface area contributed by atoms with Crippen molar-refractivity contribution in [3.05, 3.63) is 29.3 Å². The quantitative estimate of drug-likeness (QED) is 0.841. The molecule has 2 aromatic rings. The number of halogens is 1. The maximum atomic E-state index is 6.04. The topological polar surface area (TPSA) is 60.6 Å². The van der Waals surface area contributed by atoms with E-state index in [1.807, 2.05) is 24.3 Å². The molecule has 7 heteroatoms. The van der Waals surface area contributed by atoms with E-state index in [9.17, 15) is 0 Å². The Hall–Kier alpha value is -1.63. The van der Waals surface area contributed by atoms with Gasteiger partial charge in [0.2, 0.25) is 5.82 Å². The molecule has 0 amide bonds. The van der Waals surface area contributed by atoms with Crippen LogP contribution in [0.25, 0.3) is 11.4 Å². The zero-order valence-corrected chi connectivity index (χ0v) is 13.5. The van der Waals surface area contributed by atoms with Crippen LogP contribution in [0.15, 0.2) is 28.8 Å². The third-order valence-electron chi connectivity index (χ3n) is 4.42. The van der Waals surface area contributed by atoms with Gasteiger partial charge in [0.05, 0.1) is 18.8 Å². The average molecular weight is 336 g/mol. The summed E-state index contributed by atoms with van der Waals surface area (Å²) < 4.78 is 17.0. The molecule has 0 radical (unpaired) electrons. The molecule has 1 spiro atoms. The van der Waals surface area contributed by atoms with Crippen molar-refractivity contribution < 1.29 is 14.0 Å². The van der Waals surface area contributed by atoms with E-state index < -0.39 is 0 Å². The van der Waals surface area contributed by atoms with E-state index in [0.29, 0.717) is 23.5 Å². The first-order valence-electron chi connectivity index (χ1n) is 7.80. The normalized spacial score (nSPS) is 20.8. The van der Waals surface area contributed by atoms with Gasteiger partial charge in [0.25, 0.3) is 0 Å². The molecule has 1 aromatic heterocycles. The number of hydrogen-bond acceptors (Lipinski definition) is 6. The van der Waals surface area contributed by atoms with Crippen molar-refractivity contribution in [2.24, 2.45) is 0 Å². The van der Waals surface area contributed by atoms with Crippen LogP contribution >= 0.6 is 11.6 Å². The van der Waals surface area contributed by atoms with Gasteiger partial charge in [-0.3, -0.25) is 0 Å². The molecule has 4 rings (SSSR count). The highest BCUT2D eigenvalue weighted by Crippen LogP contribution is 2.31. The first-order chi connectivity index (χ1) is 11.2. The lowest BCUT2D eigenvalue weighted by Crippen LogP contribution is -2.54. The van der Waals surface area contributed by atoms with E-state index in [2.05, 4.69) is 15.0 Å². The van der Waals surface area contributed by atoms with Gasteiger partial charge in [-0.05, 0) is 12.1 Å². The predicted octanol–water partition coefficient (Wildman–Crippen LogP) is 2.78. The number of anilines is 1. The molecule has 1 aromatic carbocycles. The molecular weight excluding hydrogens is 318 g/mol. The van der Waals surface area contributed by atoms with Crippen LogP contribution in [0, 0.1) is 0 Å². The van der Waals surface area contributed by atoms with Crippen LogP contribution in [0.1, 0.15) is 12.8 Å². The maximum absolute atomic E-state index is 6.04. The standard InChI is InChI=1S/C16H18ClN3O3/c17-13-3-1-2-12(10-13)14-18-15(23-19-14)20-6-9-22-16(11-20)4-7-21-8-5-16/h1-3,10H,4-9,11H2. The van der Waals surface area contributed by atoms with Crippen molar-refractivity contribution in [3.8, 4) is 11.4 Å². The Bertz CT molecular complexity index is 679. The molecule has 0 unspecified atom stereocenters. The summed E-state index contributed by atoms with van der Waals surface area (Å²) in [6.07, 6.45) is 1.80. The Balaban J connectivity index is 1.54. The summed E-state index contributed by atoms with van der Waals surface area (Å²) in [6.45, 7) is 3.65. The minimum Gasteiger partial charge on any atom is -0.381 e. The molecule has 23 heavy (non-hydrogen) atoms. The van der Waals surface area contributed by atoms with Gasteiger partial charge in [-0.15, -0.1) is 0 Å². The van der Waals surface area contributed by atoms with Crippen molar-refractivity contribution in [2.45, 2.75) is 18.4 Å². The van der Waals surface area contributed by atoms with Crippen LogP contribution < -0.4 is 4.90 Å². The zero-order valence-electron chi connectivity index (χ0n) is 12.7. The second kappa shape index (κ2) is 6.11. The Morgan fingerprint density at radius 2 is 2.04 bits per heavy atom. The van der Waals surface area contributed by atoms with Gasteiger partial charge >= 0.3 is 6.01 Å². The van der Waals surface area contributed by atoms with E-state index in [4.69, 9.17) is 25.6 Å². The lowest BCUT2D eigenvalue weighted by Gasteiger charge is -2.44. The molecule has 0 N–H and O–H groups in total. The fraction of sp³-hybridized carbons (Fsp3) is 0.500. The maximum Gasteiger partial charge on any atom is 0.324 e. The second-order valence-corrected chi connectivity index (χ2v) is 6.41. The largest absolute Gasteiger partial charge is 0.381 e. The molecule has 2 aliphatic rings. The number of morpholine rings is 1. The Kier molecular flexibility index (Phi) is 3.97. The van der Waals surface area contributed by atoms with Crippen LogP contribution in [0.5, 0.6) is 0 Å². The molecule has 0 atom stereocenters. The van der Waals surface area contributed by atoms with Gasteiger partial charge in [-0.2, -0.15) is 4.98 Å². The summed E-state index contributed by atoms with van der Waals surface area (Å²) in [5, 5.41) is 4.74. The third-order valence-corrected chi connectivity index (χ3v) is 4.66. The Labute approximate surface area is 139 Å². The average Bonchev–Trinajstić information content (AvgIpc) is 3.06. The second-order valence-electron chi connectivity index (χ2n) is 5.98. The van der Waals surface area contributed by atoms with Crippen LogP contribution in [0.2, 0.25) is 5.02 Å². The summed E-state index contributed by atoms with van der Waals surface area (Å²) in [5.41, 5.74) is 0.697. The minimum atomic E-state index is -0.152. The van der Waals surface area contributed by atoms with E-state index in [0.717, 1.165) is 44.7 Å². The van der Waals surface area contributed by atoms with Crippen LogP contribution in [-0.2, 0) is 9.47 Å². The van der Waals surface area contributed by atoms with Crippen molar-refractivity contribution in [1.29, 1.82) is 0 Å². The summed E-state index contributed by atoms with van der Waals surface area (Å²) in [6, 6.07) is 7.98. The van der Waals surface area contributed by atoms with Gasteiger partial charge in [-0.1, -0.05) is 28.9 Å². The third kappa shape index (κ3) is 3.06. The summed E-state index contributed by atoms with van der Waals surface area (Å²) in [4.78, 5) is 6.63. The number of ether oxygens (including phenoxy) is 2. The Morgan fingerprint density at radius 1 is 1.17 bits per heavy atom. The number of benzene rings is 1. The van der Waals surface area contributed by atoms with Gasteiger partial charge in [0.1, 0.15) is 0 Å². The van der Waals surface area contributed by atoms with E-state index in [-0.39, 0.29) is 5.60 Å². The molecule has 122 valence electrons. The van der Waals surface area contributed by atoms with Gasteiger partial charge in [0, 0.05) is 43.2 Å². The Morgan fingerprint density at radius 3 is 2.87 bits per heavy atom. The summed E-state index contributed by atoms with van der Waals surface area (Å²) in [7, 11) is 0. The van der Waals surface area contributed by atoms with Crippen LogP contribution in [0.3, 0.4) is 0 Å². The highest BCUT2D eigenvalue weighted by Gasteiger charge is 2.39. The van der Waals surface area contributed by atoms with Crippen LogP contribution in [-0.4, -0.2) is 48.7 Å². The fourth-order valence-electron chi connectivity index (χ4n) is 3.14. The first-order valence-corrected chi connectivity index (χ1v) is 8.18. The van der Waals surface area contributed by atoms with Crippen molar-refractivity contribution in [3.63, 3.8) is 0 Å². The molecule has 3 heterocycles. The first kappa shape index (κ1) is 14.9. The van der Waals surface area contributed by atoms with Gasteiger partial charge in [0.15, 0.2) is 0 Å². The van der Waals surface area contributed by atoms with Crippen LogP contribution in [0.4, 0.5) is 6.01 Å². The highest BCUT2D eigenvalue weighted by atomic mass is 35.5. The summed E-state index contributed by atoms with van der Waals surface area (Å²) >= 11 is 6.02. The molecule has 0 bridgehead atoms. The van der Waals surface area contributed by atoms with Gasteiger partial charge < -0.3 is 18.9 Å². The smallest absolute Gasteiger partial charge is 0.324 e. The number of hydrogen-bond donors (Lipinski definition) is 0. The van der Waals surface area contributed by atoms with E-state index in [1.54, 1.807) is 0 Å². The minimum absolute atomic E-state index is 0.152. The summed E-state index contributed by atoms with van der Waals surface area (Å²) in [5.74, 6) is 0.551. The molecule has 2 saturated heterocycles. The fourth-order valence-corrected chi connectivity index (χ4v) is 3.33. The highest BCUT2D eigenvalue weighted by molar-refractivity contribution is 6.30. The van der Waals surface area contributed by atoms with Crippen molar-refractivity contribution in [2.75, 3.05) is 37.8 Å². The number of nitrogens with zero attached hydrogens (tertiary/aromatic N) is 3. The lowest BCUT2D eigenvalue weighted by atomic mass is 9.92. The predicted molar refractivity (Wildman–Crippen MR) is 85.7 cm³/mol. The van der Waals surface area contributed by atoms with Gasteiger partial charge in [-0.25, -0.2) is 0 Å². The SMILES string of the molecule is Clc1cccc(-c2noc(N3CCOC4(CCOCC4)C3)n2)c1. The molecule has 2 aliphatic heterocycles.